The van der Waals surface area contributed by atoms with Gasteiger partial charge in [-0.15, -0.1) is 0 Å². The van der Waals surface area contributed by atoms with Crippen LogP contribution in [0.25, 0.3) is 0 Å². The zero-order chi connectivity index (χ0) is 24.8. The van der Waals surface area contributed by atoms with Crippen LogP contribution in [0.4, 0.5) is 18.9 Å². The Morgan fingerprint density at radius 2 is 2.00 bits per heavy atom. The quantitative estimate of drug-likeness (QED) is 0.266. The van der Waals surface area contributed by atoms with E-state index in [-0.39, 0.29) is 31.7 Å². The summed E-state index contributed by atoms with van der Waals surface area (Å²) in [5.74, 6) is -0.903. The van der Waals surface area contributed by atoms with Crippen LogP contribution >= 0.6 is 0 Å². The van der Waals surface area contributed by atoms with E-state index < -0.39 is 37.3 Å². The first-order valence-electron chi connectivity index (χ1n) is 11.0. The zero-order valence-electron chi connectivity index (χ0n) is 19.9. The lowest BCUT2D eigenvalue weighted by atomic mass is 10.2. The fraction of sp³-hybridized carbons (Fsp3) is 0.762. The van der Waals surface area contributed by atoms with Crippen molar-refractivity contribution in [1.29, 1.82) is 0 Å². The molecule has 1 aliphatic rings. The van der Waals surface area contributed by atoms with Crippen molar-refractivity contribution >= 4 is 19.7 Å². The summed E-state index contributed by atoms with van der Waals surface area (Å²) in [5, 5.41) is 3.96. The summed E-state index contributed by atoms with van der Waals surface area (Å²) in [6, 6.07) is 0.469. The number of ether oxygens (including phenoxy) is 3. The summed E-state index contributed by atoms with van der Waals surface area (Å²) in [6.45, 7) is 8.72. The number of rotatable bonds is 11. The Morgan fingerprint density at radius 3 is 2.61 bits per heavy atom. The Morgan fingerprint density at radius 1 is 1.30 bits per heavy atom. The number of carbonyl (C=O) groups excluding carboxylic acids is 1. The number of hydrogen-bond donors (Lipinski definition) is 0. The lowest BCUT2D eigenvalue weighted by Gasteiger charge is -2.29. The molecule has 1 saturated heterocycles. The fourth-order valence-corrected chi connectivity index (χ4v) is 4.32. The van der Waals surface area contributed by atoms with Crippen molar-refractivity contribution in [2.24, 2.45) is 5.92 Å². The number of aromatic nitrogens is 2. The fourth-order valence-electron chi connectivity index (χ4n) is 3.56. The number of esters is 1. The molecular weight excluding hydrogens is 459 g/mol. The Kier molecular flexibility index (Phi) is 9.50. The van der Waals surface area contributed by atoms with Crippen molar-refractivity contribution in [3.63, 3.8) is 0 Å². The first-order valence-corrected chi connectivity index (χ1v) is 14.7. The summed E-state index contributed by atoms with van der Waals surface area (Å²) >= 11 is 0. The molecule has 0 aliphatic carbocycles. The second-order valence-electron chi connectivity index (χ2n) is 9.51. The number of methoxy groups -OCH3 is 1. The third kappa shape index (κ3) is 7.82. The van der Waals surface area contributed by atoms with Crippen LogP contribution in [0.2, 0.25) is 25.7 Å². The van der Waals surface area contributed by atoms with Crippen molar-refractivity contribution in [3.05, 3.63) is 22.1 Å². The number of nitrogens with zero attached hydrogens (tertiary/aromatic N) is 3. The number of anilines is 1. The normalized spacial score (nSPS) is 17.9. The topological polar surface area (TPSA) is 82.9 Å². The smallest absolute Gasteiger partial charge is 0.423 e. The summed E-state index contributed by atoms with van der Waals surface area (Å²) < 4.78 is 58.1. The Hall–Kier alpha value is -1.92. The van der Waals surface area contributed by atoms with E-state index in [4.69, 9.17) is 9.47 Å². The Balaban J connectivity index is 2.16. The maximum atomic E-state index is 13.9. The summed E-state index contributed by atoms with van der Waals surface area (Å²) in [7, 11) is -0.0878. The van der Waals surface area contributed by atoms with Crippen molar-refractivity contribution in [2.45, 2.75) is 64.4 Å². The molecular formula is C21H34F3N3O5Si. The van der Waals surface area contributed by atoms with Crippen LogP contribution in [0.1, 0.15) is 25.3 Å². The Bertz CT molecular complexity index is 857. The molecule has 0 radical (unpaired) electrons. The van der Waals surface area contributed by atoms with Crippen LogP contribution in [0.15, 0.2) is 11.0 Å². The predicted octanol–water partition coefficient (Wildman–Crippen LogP) is 3.37. The van der Waals surface area contributed by atoms with Gasteiger partial charge in [0.15, 0.2) is 0 Å². The predicted molar refractivity (Wildman–Crippen MR) is 120 cm³/mol. The molecule has 1 fully saturated rings. The monoisotopic (exact) mass is 493 g/mol. The van der Waals surface area contributed by atoms with E-state index in [0.717, 1.165) is 16.9 Å². The molecule has 0 spiro atoms. The number of hydrogen-bond acceptors (Lipinski definition) is 7. The molecule has 1 aromatic rings. The Labute approximate surface area is 193 Å². The summed E-state index contributed by atoms with van der Waals surface area (Å²) in [6.07, 6.45) is -2.50. The molecule has 2 atom stereocenters. The van der Waals surface area contributed by atoms with E-state index in [1.807, 2.05) is 0 Å². The van der Waals surface area contributed by atoms with E-state index in [0.29, 0.717) is 26.0 Å². The molecule has 0 saturated carbocycles. The van der Waals surface area contributed by atoms with Crippen molar-refractivity contribution < 1.29 is 32.2 Å². The summed E-state index contributed by atoms with van der Waals surface area (Å²) in [4.78, 5) is 25.7. The second kappa shape index (κ2) is 11.5. The van der Waals surface area contributed by atoms with Crippen LogP contribution in [-0.4, -0.2) is 63.3 Å². The first-order chi connectivity index (χ1) is 15.3. The average Bonchev–Trinajstić information content (AvgIpc) is 3.17. The van der Waals surface area contributed by atoms with Gasteiger partial charge in [-0.05, 0) is 25.8 Å². The molecule has 0 bridgehead atoms. The third-order valence-electron chi connectivity index (χ3n) is 5.49. The maximum Gasteiger partial charge on any atom is 0.423 e. The van der Waals surface area contributed by atoms with Gasteiger partial charge in [-0.3, -0.25) is 9.59 Å². The van der Waals surface area contributed by atoms with Gasteiger partial charge in [0.2, 0.25) is 0 Å². The highest BCUT2D eigenvalue weighted by molar-refractivity contribution is 6.76. The van der Waals surface area contributed by atoms with E-state index in [2.05, 4.69) is 29.5 Å². The van der Waals surface area contributed by atoms with Gasteiger partial charge >= 0.3 is 12.1 Å². The van der Waals surface area contributed by atoms with Crippen LogP contribution in [-0.2, 0) is 31.9 Å². The maximum absolute atomic E-state index is 13.9. The molecule has 12 heteroatoms. The zero-order valence-corrected chi connectivity index (χ0v) is 20.9. The summed E-state index contributed by atoms with van der Waals surface area (Å²) in [5.41, 5.74) is -2.72. The molecule has 8 nitrogen and oxygen atoms in total. The minimum absolute atomic E-state index is 0.0950. The SMILES string of the molecule is COC(=O)C(C)COC[C@@H]1CCCN1c1cnn(COCC[Si](C)(C)C)c(=O)c1C(F)(F)F. The largest absolute Gasteiger partial charge is 0.469 e. The molecule has 1 aromatic heterocycles. The highest BCUT2D eigenvalue weighted by atomic mass is 28.3. The molecule has 2 rings (SSSR count). The number of alkyl halides is 3. The van der Waals surface area contributed by atoms with E-state index in [1.165, 1.54) is 12.0 Å². The lowest BCUT2D eigenvalue weighted by Crippen LogP contribution is -2.39. The molecule has 0 amide bonds. The van der Waals surface area contributed by atoms with Gasteiger partial charge in [-0.2, -0.15) is 18.3 Å². The van der Waals surface area contributed by atoms with Crippen LogP contribution in [0, 0.1) is 5.92 Å². The van der Waals surface area contributed by atoms with Crippen LogP contribution in [0.3, 0.4) is 0 Å². The molecule has 33 heavy (non-hydrogen) atoms. The van der Waals surface area contributed by atoms with Gasteiger partial charge in [-0.1, -0.05) is 19.6 Å². The van der Waals surface area contributed by atoms with Gasteiger partial charge in [0.1, 0.15) is 12.3 Å². The molecule has 188 valence electrons. The van der Waals surface area contributed by atoms with Gasteiger partial charge in [-0.25, -0.2) is 4.68 Å². The number of halogens is 3. The molecule has 1 unspecified atom stereocenters. The lowest BCUT2D eigenvalue weighted by molar-refractivity contribution is -0.147. The minimum Gasteiger partial charge on any atom is -0.469 e. The van der Waals surface area contributed by atoms with Crippen molar-refractivity contribution in [2.75, 3.05) is 38.4 Å². The molecule has 2 heterocycles. The second-order valence-corrected chi connectivity index (χ2v) is 15.1. The van der Waals surface area contributed by atoms with Gasteiger partial charge < -0.3 is 19.1 Å². The molecule has 0 N–H and O–H groups in total. The van der Waals surface area contributed by atoms with Gasteiger partial charge in [0, 0.05) is 21.2 Å². The molecule has 1 aliphatic heterocycles. The standard InChI is InChI=1S/C21H34F3N3O5Si/c1-15(20(29)30-2)12-32-13-16-7-6-8-26(16)17-11-25-27(14-31-9-10-33(3,4)5)19(28)18(17)21(22,23)24/h11,15-16H,6-10,12-14H2,1-5H3/t15?,16-/m0/s1. The third-order valence-corrected chi connectivity index (χ3v) is 7.19. The first kappa shape index (κ1) is 27.3. The van der Waals surface area contributed by atoms with Crippen molar-refractivity contribution in [3.8, 4) is 0 Å². The van der Waals surface area contributed by atoms with E-state index in [1.54, 1.807) is 6.92 Å². The highest BCUT2D eigenvalue weighted by Gasteiger charge is 2.41. The average molecular weight is 494 g/mol. The highest BCUT2D eigenvalue weighted by Crippen LogP contribution is 2.36. The van der Waals surface area contributed by atoms with Gasteiger partial charge in [0.25, 0.3) is 5.56 Å². The minimum atomic E-state index is -4.84. The van der Waals surface area contributed by atoms with E-state index >= 15 is 0 Å². The van der Waals surface area contributed by atoms with Crippen molar-refractivity contribution in [1.82, 2.24) is 9.78 Å². The number of carbonyl (C=O) groups is 1. The van der Waals surface area contributed by atoms with E-state index in [9.17, 15) is 22.8 Å². The van der Waals surface area contributed by atoms with Crippen LogP contribution < -0.4 is 10.5 Å². The molecule has 0 aromatic carbocycles. The van der Waals surface area contributed by atoms with Gasteiger partial charge in [0.05, 0.1) is 44.2 Å². The van der Waals surface area contributed by atoms with Crippen LogP contribution in [0.5, 0.6) is 0 Å².